The van der Waals surface area contributed by atoms with E-state index in [1.54, 1.807) is 0 Å². The first kappa shape index (κ1) is 19.0. The Bertz CT molecular complexity index is 668. The van der Waals surface area contributed by atoms with Gasteiger partial charge in [-0.25, -0.2) is 0 Å². The highest BCUT2D eigenvalue weighted by Crippen LogP contribution is 2.14. The molecule has 2 heterocycles. The fraction of sp³-hybridized carbons (Fsp3) is 0.500. The van der Waals surface area contributed by atoms with Crippen LogP contribution in [0.5, 0.6) is 0 Å². The number of rotatable bonds is 8. The summed E-state index contributed by atoms with van der Waals surface area (Å²) in [5.74, 6) is 0. The van der Waals surface area contributed by atoms with E-state index in [0.717, 1.165) is 52.5 Å². The van der Waals surface area contributed by atoms with Crippen LogP contribution >= 0.6 is 0 Å². The predicted molar refractivity (Wildman–Crippen MR) is 106 cm³/mol. The molecule has 0 atom stereocenters. The Morgan fingerprint density at radius 3 is 2.58 bits per heavy atom. The highest BCUT2D eigenvalue weighted by Gasteiger charge is 2.12. The molecule has 0 saturated carbocycles. The third kappa shape index (κ3) is 5.90. The van der Waals surface area contributed by atoms with Crippen molar-refractivity contribution in [2.45, 2.75) is 33.4 Å². The van der Waals surface area contributed by atoms with E-state index in [4.69, 9.17) is 4.74 Å². The lowest BCUT2D eigenvalue weighted by Crippen LogP contribution is -2.38. The van der Waals surface area contributed by atoms with Gasteiger partial charge in [-0.3, -0.25) is 14.8 Å². The minimum absolute atomic E-state index is 0.877. The molecule has 4 heteroatoms. The molecule has 0 unspecified atom stereocenters. The summed E-state index contributed by atoms with van der Waals surface area (Å²) in [6, 6.07) is 11.0. The summed E-state index contributed by atoms with van der Waals surface area (Å²) in [5.41, 5.74) is 5.41. The van der Waals surface area contributed by atoms with E-state index in [1.165, 1.54) is 28.7 Å². The summed E-state index contributed by atoms with van der Waals surface area (Å²) >= 11 is 0. The Hall–Kier alpha value is -1.75. The Kier molecular flexibility index (Phi) is 7.18. The molecular formula is C22H31N3O. The molecule has 26 heavy (non-hydrogen) atoms. The van der Waals surface area contributed by atoms with Gasteiger partial charge in [0, 0.05) is 45.1 Å². The van der Waals surface area contributed by atoms with Crippen molar-refractivity contribution in [3.05, 3.63) is 65.0 Å². The summed E-state index contributed by atoms with van der Waals surface area (Å²) in [5, 5.41) is 0. The number of pyridine rings is 1. The molecule has 0 spiro atoms. The highest BCUT2D eigenvalue weighted by molar-refractivity contribution is 5.29. The lowest BCUT2D eigenvalue weighted by atomic mass is 10.1. The standard InChI is InChI=1S/C22H31N3O/c1-19-6-7-21(15-20(19)2)17-25(18-22-5-3-8-23-16-22)10-4-9-24-11-13-26-14-12-24/h3,5-8,15-16H,4,9-14,17-18H2,1-2H3. The van der Waals surface area contributed by atoms with E-state index in [9.17, 15) is 0 Å². The maximum absolute atomic E-state index is 5.45. The van der Waals surface area contributed by atoms with E-state index in [2.05, 4.69) is 52.9 Å². The zero-order valence-electron chi connectivity index (χ0n) is 16.2. The van der Waals surface area contributed by atoms with Crippen molar-refractivity contribution in [2.75, 3.05) is 39.4 Å². The van der Waals surface area contributed by atoms with Crippen molar-refractivity contribution in [3.63, 3.8) is 0 Å². The second-order valence-electron chi connectivity index (χ2n) is 7.30. The molecule has 140 valence electrons. The maximum Gasteiger partial charge on any atom is 0.0594 e. The van der Waals surface area contributed by atoms with Crippen LogP contribution in [0.2, 0.25) is 0 Å². The van der Waals surface area contributed by atoms with Crippen LogP contribution in [0.1, 0.15) is 28.7 Å². The highest BCUT2D eigenvalue weighted by atomic mass is 16.5. The van der Waals surface area contributed by atoms with Gasteiger partial charge in [0.2, 0.25) is 0 Å². The minimum atomic E-state index is 0.877. The van der Waals surface area contributed by atoms with Gasteiger partial charge in [0.15, 0.2) is 0 Å². The Labute approximate surface area is 157 Å². The molecule has 1 aliphatic heterocycles. The van der Waals surface area contributed by atoms with Crippen LogP contribution in [0.3, 0.4) is 0 Å². The van der Waals surface area contributed by atoms with Crippen LogP contribution in [-0.4, -0.2) is 54.2 Å². The zero-order valence-corrected chi connectivity index (χ0v) is 16.2. The number of ether oxygens (including phenoxy) is 1. The Balaban J connectivity index is 1.59. The normalized spacial score (nSPS) is 15.5. The van der Waals surface area contributed by atoms with Gasteiger partial charge in [-0.1, -0.05) is 24.3 Å². The third-order valence-electron chi connectivity index (χ3n) is 5.16. The monoisotopic (exact) mass is 353 g/mol. The van der Waals surface area contributed by atoms with Crippen molar-refractivity contribution in [1.29, 1.82) is 0 Å². The number of hydrogen-bond donors (Lipinski definition) is 0. The van der Waals surface area contributed by atoms with Crippen LogP contribution in [0.4, 0.5) is 0 Å². The first-order valence-electron chi connectivity index (χ1n) is 9.68. The quantitative estimate of drug-likeness (QED) is 0.727. The molecule has 0 amide bonds. The molecule has 1 aromatic carbocycles. The van der Waals surface area contributed by atoms with Crippen molar-refractivity contribution in [1.82, 2.24) is 14.8 Å². The van der Waals surface area contributed by atoms with Gasteiger partial charge in [0.05, 0.1) is 13.2 Å². The average molecular weight is 354 g/mol. The smallest absolute Gasteiger partial charge is 0.0594 e. The van der Waals surface area contributed by atoms with Crippen LogP contribution < -0.4 is 0 Å². The summed E-state index contributed by atoms with van der Waals surface area (Å²) < 4.78 is 5.45. The van der Waals surface area contributed by atoms with Crippen molar-refractivity contribution >= 4 is 0 Å². The van der Waals surface area contributed by atoms with Crippen LogP contribution in [-0.2, 0) is 17.8 Å². The topological polar surface area (TPSA) is 28.6 Å². The zero-order chi connectivity index (χ0) is 18.2. The van der Waals surface area contributed by atoms with Gasteiger partial charge in [0.25, 0.3) is 0 Å². The molecule has 0 radical (unpaired) electrons. The average Bonchev–Trinajstić information content (AvgIpc) is 2.66. The van der Waals surface area contributed by atoms with Crippen molar-refractivity contribution < 1.29 is 4.74 Å². The molecule has 1 saturated heterocycles. The fourth-order valence-corrected chi connectivity index (χ4v) is 3.47. The van der Waals surface area contributed by atoms with Gasteiger partial charge in [-0.05, 0) is 55.1 Å². The van der Waals surface area contributed by atoms with E-state index in [1.807, 2.05) is 18.5 Å². The van der Waals surface area contributed by atoms with Gasteiger partial charge in [0.1, 0.15) is 0 Å². The van der Waals surface area contributed by atoms with E-state index >= 15 is 0 Å². The second kappa shape index (κ2) is 9.81. The number of hydrogen-bond acceptors (Lipinski definition) is 4. The summed E-state index contributed by atoms with van der Waals surface area (Å²) in [4.78, 5) is 9.33. The lowest BCUT2D eigenvalue weighted by Gasteiger charge is -2.28. The van der Waals surface area contributed by atoms with Crippen LogP contribution in [0, 0.1) is 13.8 Å². The second-order valence-corrected chi connectivity index (χ2v) is 7.30. The molecule has 1 aromatic heterocycles. The molecule has 1 fully saturated rings. The predicted octanol–water partition coefficient (Wildman–Crippen LogP) is 3.42. The number of morpholine rings is 1. The molecule has 0 aliphatic carbocycles. The van der Waals surface area contributed by atoms with Crippen LogP contribution in [0.15, 0.2) is 42.7 Å². The van der Waals surface area contributed by atoms with Gasteiger partial charge in [-0.2, -0.15) is 0 Å². The lowest BCUT2D eigenvalue weighted by molar-refractivity contribution is 0.0359. The number of aromatic nitrogens is 1. The number of benzene rings is 1. The van der Waals surface area contributed by atoms with Crippen LogP contribution in [0.25, 0.3) is 0 Å². The van der Waals surface area contributed by atoms with E-state index in [-0.39, 0.29) is 0 Å². The summed E-state index contributed by atoms with van der Waals surface area (Å²) in [6.45, 7) is 12.4. The van der Waals surface area contributed by atoms with Gasteiger partial charge in [-0.15, -0.1) is 0 Å². The molecule has 0 bridgehead atoms. The summed E-state index contributed by atoms with van der Waals surface area (Å²) in [7, 11) is 0. The van der Waals surface area contributed by atoms with Crippen molar-refractivity contribution in [2.24, 2.45) is 0 Å². The molecule has 2 aromatic rings. The number of nitrogens with zero attached hydrogens (tertiary/aromatic N) is 3. The molecule has 0 N–H and O–H groups in total. The van der Waals surface area contributed by atoms with E-state index < -0.39 is 0 Å². The molecular weight excluding hydrogens is 322 g/mol. The maximum atomic E-state index is 5.45. The van der Waals surface area contributed by atoms with Gasteiger partial charge >= 0.3 is 0 Å². The van der Waals surface area contributed by atoms with E-state index in [0.29, 0.717) is 0 Å². The SMILES string of the molecule is Cc1ccc(CN(CCCN2CCOCC2)Cc2cccnc2)cc1C. The Morgan fingerprint density at radius 1 is 1.04 bits per heavy atom. The number of aryl methyl sites for hydroxylation is 2. The fourth-order valence-electron chi connectivity index (χ4n) is 3.47. The van der Waals surface area contributed by atoms with Gasteiger partial charge < -0.3 is 4.74 Å². The molecule has 4 nitrogen and oxygen atoms in total. The minimum Gasteiger partial charge on any atom is -0.379 e. The summed E-state index contributed by atoms with van der Waals surface area (Å²) in [6.07, 6.45) is 5.01. The largest absolute Gasteiger partial charge is 0.379 e. The molecule has 1 aliphatic rings. The Morgan fingerprint density at radius 2 is 1.85 bits per heavy atom. The first-order valence-corrected chi connectivity index (χ1v) is 9.68. The molecule has 3 rings (SSSR count). The first-order chi connectivity index (χ1) is 12.7. The third-order valence-corrected chi connectivity index (χ3v) is 5.16. The van der Waals surface area contributed by atoms with Crippen molar-refractivity contribution in [3.8, 4) is 0 Å².